The summed E-state index contributed by atoms with van der Waals surface area (Å²) in [6.07, 6.45) is 1.82. The lowest BCUT2D eigenvalue weighted by Gasteiger charge is -2.24. The number of anilines is 2. The maximum atomic E-state index is 13.7. The molecular weight excluding hydrogens is 406 g/mol. The van der Waals surface area contributed by atoms with Gasteiger partial charge in [-0.2, -0.15) is 0 Å². The van der Waals surface area contributed by atoms with Crippen LogP contribution in [0.1, 0.15) is 18.9 Å². The zero-order valence-electron chi connectivity index (χ0n) is 17.0. The zero-order chi connectivity index (χ0) is 21.5. The third-order valence-electron chi connectivity index (χ3n) is 5.03. The molecule has 8 heteroatoms. The Morgan fingerprint density at radius 2 is 1.90 bits per heavy atom. The van der Waals surface area contributed by atoms with Crippen molar-refractivity contribution in [2.24, 2.45) is 0 Å². The van der Waals surface area contributed by atoms with Crippen LogP contribution < -0.4 is 10.6 Å². The summed E-state index contributed by atoms with van der Waals surface area (Å²) in [5, 5.41) is 6.48. The fraction of sp³-hybridized carbons (Fsp3) is 0.364. The molecule has 1 aliphatic heterocycles. The molecule has 1 amide bonds. The van der Waals surface area contributed by atoms with Crippen LogP contribution in [0, 0.1) is 11.6 Å². The third-order valence-corrected chi connectivity index (χ3v) is 5.39. The Labute approximate surface area is 181 Å². The van der Waals surface area contributed by atoms with Crippen LogP contribution >= 0.6 is 12.2 Å². The highest BCUT2D eigenvalue weighted by atomic mass is 32.1. The molecule has 1 heterocycles. The molecule has 5 nitrogen and oxygen atoms in total. The standard InChI is InChI=1S/C22H26F2N4OS/c1-2-16-5-3-6-18(13-16)25-22(30)28-10-4-9-27(11-12-28)15-21(29)26-20-8-7-17(23)14-19(20)24/h3,5-8,13-14H,2,4,9-12,15H2,1H3,(H,25,30)(H,26,29). The summed E-state index contributed by atoms with van der Waals surface area (Å²) in [6, 6.07) is 11.3. The number of nitrogens with zero attached hydrogens (tertiary/aromatic N) is 2. The number of hydrogen-bond donors (Lipinski definition) is 2. The second-order valence-corrected chi connectivity index (χ2v) is 7.66. The third kappa shape index (κ3) is 6.21. The van der Waals surface area contributed by atoms with Crippen LogP contribution in [0.25, 0.3) is 0 Å². The van der Waals surface area contributed by atoms with Crippen molar-refractivity contribution in [2.45, 2.75) is 19.8 Å². The Hall–Kier alpha value is -2.58. The van der Waals surface area contributed by atoms with E-state index in [1.165, 1.54) is 11.6 Å². The minimum atomic E-state index is -0.783. The van der Waals surface area contributed by atoms with E-state index >= 15 is 0 Å². The van der Waals surface area contributed by atoms with Gasteiger partial charge in [-0.3, -0.25) is 9.69 Å². The molecule has 3 rings (SSSR count). The van der Waals surface area contributed by atoms with Gasteiger partial charge in [0.05, 0.1) is 12.2 Å². The maximum absolute atomic E-state index is 13.7. The van der Waals surface area contributed by atoms with Gasteiger partial charge in [-0.05, 0) is 54.9 Å². The minimum absolute atomic E-state index is 0.0162. The van der Waals surface area contributed by atoms with Crippen LogP contribution in [0.15, 0.2) is 42.5 Å². The van der Waals surface area contributed by atoms with E-state index in [1.807, 2.05) is 17.0 Å². The highest BCUT2D eigenvalue weighted by Crippen LogP contribution is 2.16. The normalized spacial score (nSPS) is 14.8. The quantitative estimate of drug-likeness (QED) is 0.703. The van der Waals surface area contributed by atoms with Crippen molar-refractivity contribution in [1.29, 1.82) is 0 Å². The number of hydrogen-bond acceptors (Lipinski definition) is 3. The highest BCUT2D eigenvalue weighted by Gasteiger charge is 2.19. The first kappa shape index (κ1) is 22.1. The van der Waals surface area contributed by atoms with E-state index in [2.05, 4.69) is 34.6 Å². The van der Waals surface area contributed by atoms with Gasteiger partial charge in [0.15, 0.2) is 5.11 Å². The first-order chi connectivity index (χ1) is 14.4. The number of carbonyl (C=O) groups excluding carboxylic acids is 1. The van der Waals surface area contributed by atoms with Crippen molar-refractivity contribution >= 4 is 34.6 Å². The molecular formula is C22H26F2N4OS. The molecule has 1 fully saturated rings. The molecule has 1 aliphatic rings. The molecule has 0 unspecified atom stereocenters. The molecule has 0 spiro atoms. The minimum Gasteiger partial charge on any atom is -0.348 e. The van der Waals surface area contributed by atoms with Crippen molar-refractivity contribution < 1.29 is 13.6 Å². The van der Waals surface area contributed by atoms with Crippen LogP contribution in [-0.2, 0) is 11.2 Å². The van der Waals surface area contributed by atoms with E-state index in [9.17, 15) is 13.6 Å². The Kier molecular flexibility index (Phi) is 7.70. The number of halogens is 2. The van der Waals surface area contributed by atoms with Crippen molar-refractivity contribution in [3.05, 3.63) is 59.7 Å². The van der Waals surface area contributed by atoms with Crippen LogP contribution in [0.3, 0.4) is 0 Å². The highest BCUT2D eigenvalue weighted by molar-refractivity contribution is 7.80. The molecule has 0 aliphatic carbocycles. The first-order valence-corrected chi connectivity index (χ1v) is 10.5. The van der Waals surface area contributed by atoms with Crippen LogP contribution in [0.5, 0.6) is 0 Å². The molecule has 2 aromatic rings. The van der Waals surface area contributed by atoms with Gasteiger partial charge < -0.3 is 15.5 Å². The van der Waals surface area contributed by atoms with E-state index in [-0.39, 0.29) is 18.1 Å². The monoisotopic (exact) mass is 432 g/mol. The summed E-state index contributed by atoms with van der Waals surface area (Å²) in [5.74, 6) is -1.79. The van der Waals surface area contributed by atoms with Crippen LogP contribution in [0.4, 0.5) is 20.2 Å². The molecule has 0 saturated carbocycles. The van der Waals surface area contributed by atoms with E-state index < -0.39 is 11.6 Å². The number of thiocarbonyl (C=S) groups is 1. The fourth-order valence-electron chi connectivity index (χ4n) is 3.39. The summed E-state index contributed by atoms with van der Waals surface area (Å²) < 4.78 is 26.7. The van der Waals surface area contributed by atoms with Gasteiger partial charge in [0.2, 0.25) is 5.91 Å². The number of rotatable bonds is 5. The van der Waals surface area contributed by atoms with Crippen LogP contribution in [0.2, 0.25) is 0 Å². The van der Waals surface area contributed by atoms with E-state index in [0.717, 1.165) is 43.8 Å². The Balaban J connectivity index is 1.50. The fourth-order valence-corrected chi connectivity index (χ4v) is 3.69. The second kappa shape index (κ2) is 10.4. The Morgan fingerprint density at radius 1 is 1.07 bits per heavy atom. The summed E-state index contributed by atoms with van der Waals surface area (Å²) in [4.78, 5) is 16.4. The average Bonchev–Trinajstić information content (AvgIpc) is 2.96. The topological polar surface area (TPSA) is 47.6 Å². The lowest BCUT2D eigenvalue weighted by Crippen LogP contribution is -2.39. The number of nitrogens with one attached hydrogen (secondary N) is 2. The Bertz CT molecular complexity index is 908. The van der Waals surface area contributed by atoms with Gasteiger partial charge in [0.1, 0.15) is 11.6 Å². The average molecular weight is 433 g/mol. The smallest absolute Gasteiger partial charge is 0.238 e. The lowest BCUT2D eigenvalue weighted by atomic mass is 10.1. The first-order valence-electron chi connectivity index (χ1n) is 10.1. The number of benzene rings is 2. The van der Waals surface area contributed by atoms with Crippen molar-refractivity contribution in [2.75, 3.05) is 43.4 Å². The van der Waals surface area contributed by atoms with Crippen molar-refractivity contribution in [1.82, 2.24) is 9.80 Å². The van der Waals surface area contributed by atoms with Gasteiger partial charge in [-0.1, -0.05) is 19.1 Å². The molecule has 0 atom stereocenters. The van der Waals surface area contributed by atoms with Gasteiger partial charge in [-0.15, -0.1) is 0 Å². The second-order valence-electron chi connectivity index (χ2n) is 7.27. The summed E-state index contributed by atoms with van der Waals surface area (Å²) in [5.41, 5.74) is 2.20. The van der Waals surface area contributed by atoms with Gasteiger partial charge in [-0.25, -0.2) is 8.78 Å². The number of carbonyl (C=O) groups is 1. The summed E-state index contributed by atoms with van der Waals surface area (Å²) in [7, 11) is 0. The van der Waals surface area contributed by atoms with E-state index in [4.69, 9.17) is 12.2 Å². The van der Waals surface area contributed by atoms with Crippen LogP contribution in [-0.4, -0.2) is 53.5 Å². The summed E-state index contributed by atoms with van der Waals surface area (Å²) >= 11 is 5.58. The van der Waals surface area contributed by atoms with Gasteiger partial charge >= 0.3 is 0 Å². The largest absolute Gasteiger partial charge is 0.348 e. The zero-order valence-corrected chi connectivity index (χ0v) is 17.8. The molecule has 160 valence electrons. The predicted octanol–water partition coefficient (Wildman–Crippen LogP) is 3.87. The molecule has 2 aromatic carbocycles. The number of aryl methyl sites for hydroxylation is 1. The molecule has 2 N–H and O–H groups in total. The summed E-state index contributed by atoms with van der Waals surface area (Å²) in [6.45, 7) is 5.15. The molecule has 0 bridgehead atoms. The van der Waals surface area contributed by atoms with Crippen molar-refractivity contribution in [3.8, 4) is 0 Å². The molecule has 0 aromatic heterocycles. The maximum Gasteiger partial charge on any atom is 0.238 e. The Morgan fingerprint density at radius 3 is 2.67 bits per heavy atom. The van der Waals surface area contributed by atoms with Gasteiger partial charge in [0.25, 0.3) is 0 Å². The van der Waals surface area contributed by atoms with E-state index in [0.29, 0.717) is 18.2 Å². The van der Waals surface area contributed by atoms with E-state index in [1.54, 1.807) is 0 Å². The molecule has 30 heavy (non-hydrogen) atoms. The predicted molar refractivity (Wildman–Crippen MR) is 120 cm³/mol. The molecule has 1 saturated heterocycles. The van der Waals surface area contributed by atoms with Crippen molar-refractivity contribution in [3.63, 3.8) is 0 Å². The number of amides is 1. The lowest BCUT2D eigenvalue weighted by molar-refractivity contribution is -0.117. The molecule has 0 radical (unpaired) electrons. The van der Waals surface area contributed by atoms with Gasteiger partial charge in [0, 0.05) is 37.9 Å². The SMILES string of the molecule is CCc1cccc(NC(=S)N2CCCN(CC(=O)Nc3ccc(F)cc3F)CC2)c1.